The maximum absolute atomic E-state index is 11.8. The minimum absolute atomic E-state index is 0.350. The highest BCUT2D eigenvalue weighted by molar-refractivity contribution is 5.70. The molecule has 0 aliphatic carbocycles. The number of aromatic nitrogens is 1. The van der Waals surface area contributed by atoms with Crippen LogP contribution in [0.15, 0.2) is 40.9 Å². The zero-order chi connectivity index (χ0) is 13.0. The Morgan fingerprint density at radius 1 is 1.39 bits per heavy atom. The summed E-state index contributed by atoms with van der Waals surface area (Å²) in [6.45, 7) is 2.15. The molecule has 0 radical (unpaired) electrons. The first kappa shape index (κ1) is 12.2. The molecule has 0 bridgehead atoms. The lowest BCUT2D eigenvalue weighted by atomic mass is 10.3. The first-order chi connectivity index (χ1) is 8.65. The molecule has 1 aromatic heterocycles. The fourth-order valence-corrected chi connectivity index (χ4v) is 1.47. The van der Waals surface area contributed by atoms with Crippen molar-refractivity contribution in [2.24, 2.45) is 0 Å². The molecule has 5 nitrogen and oxygen atoms in total. The van der Waals surface area contributed by atoms with Crippen LogP contribution in [0.2, 0.25) is 0 Å². The van der Waals surface area contributed by atoms with Crippen LogP contribution in [0.5, 0.6) is 5.75 Å². The van der Waals surface area contributed by atoms with E-state index in [2.05, 4.69) is 5.16 Å². The zero-order valence-corrected chi connectivity index (χ0v) is 10.3. The maximum Gasteiger partial charge on any atom is 0.415 e. The van der Waals surface area contributed by atoms with Crippen molar-refractivity contribution in [3.63, 3.8) is 0 Å². The van der Waals surface area contributed by atoms with Crippen LogP contribution < -0.4 is 4.74 Å². The normalized spacial score (nSPS) is 10.1. The van der Waals surface area contributed by atoms with Crippen molar-refractivity contribution in [2.75, 3.05) is 7.05 Å². The smallest absolute Gasteiger partial charge is 0.410 e. The summed E-state index contributed by atoms with van der Waals surface area (Å²) in [5.74, 6) is 1.24. The Hall–Kier alpha value is -2.30. The van der Waals surface area contributed by atoms with Crippen LogP contribution in [0.25, 0.3) is 0 Å². The van der Waals surface area contributed by atoms with Crippen LogP contribution in [-0.2, 0) is 6.54 Å². The van der Waals surface area contributed by atoms with Gasteiger partial charge < -0.3 is 14.2 Å². The Morgan fingerprint density at radius 3 is 2.72 bits per heavy atom. The summed E-state index contributed by atoms with van der Waals surface area (Å²) in [5.41, 5.74) is 0.694. The predicted molar refractivity (Wildman–Crippen MR) is 65.2 cm³/mol. The number of benzene rings is 1. The van der Waals surface area contributed by atoms with Gasteiger partial charge >= 0.3 is 6.09 Å². The molecule has 18 heavy (non-hydrogen) atoms. The van der Waals surface area contributed by atoms with Crippen molar-refractivity contribution in [2.45, 2.75) is 13.5 Å². The standard InChI is InChI=1S/C13H14N2O3/c1-10-8-11(14-18-10)9-15(2)13(16)17-12-6-4-3-5-7-12/h3-8H,9H2,1-2H3. The number of aryl methyl sites for hydroxylation is 1. The molecule has 2 rings (SSSR count). The summed E-state index contributed by atoms with van der Waals surface area (Å²) >= 11 is 0. The summed E-state index contributed by atoms with van der Waals surface area (Å²) in [6.07, 6.45) is -0.429. The number of para-hydroxylation sites is 1. The fourth-order valence-electron chi connectivity index (χ4n) is 1.47. The van der Waals surface area contributed by atoms with E-state index in [9.17, 15) is 4.79 Å². The molecule has 2 aromatic rings. The third kappa shape index (κ3) is 3.10. The summed E-state index contributed by atoms with van der Waals surface area (Å²) < 4.78 is 10.1. The Bertz CT molecular complexity index is 522. The van der Waals surface area contributed by atoms with Gasteiger partial charge in [-0.2, -0.15) is 0 Å². The molecule has 0 saturated carbocycles. The first-order valence-electron chi connectivity index (χ1n) is 5.55. The average Bonchev–Trinajstić information content (AvgIpc) is 2.76. The number of amides is 1. The van der Waals surface area contributed by atoms with Crippen molar-refractivity contribution in [3.8, 4) is 5.75 Å². The van der Waals surface area contributed by atoms with E-state index >= 15 is 0 Å². The van der Waals surface area contributed by atoms with Crippen LogP contribution in [0.1, 0.15) is 11.5 Å². The zero-order valence-electron chi connectivity index (χ0n) is 10.3. The first-order valence-corrected chi connectivity index (χ1v) is 5.55. The maximum atomic E-state index is 11.8. The highest BCUT2D eigenvalue weighted by Gasteiger charge is 2.13. The third-order valence-corrected chi connectivity index (χ3v) is 2.34. The number of carbonyl (C=O) groups is 1. The van der Waals surface area contributed by atoms with Crippen LogP contribution in [-0.4, -0.2) is 23.2 Å². The minimum Gasteiger partial charge on any atom is -0.410 e. The summed E-state index contributed by atoms with van der Waals surface area (Å²) in [6, 6.07) is 10.7. The second kappa shape index (κ2) is 5.35. The Morgan fingerprint density at radius 2 is 2.11 bits per heavy atom. The van der Waals surface area contributed by atoms with Crippen molar-refractivity contribution < 1.29 is 14.1 Å². The molecule has 94 valence electrons. The molecule has 0 spiro atoms. The molecule has 1 aromatic carbocycles. The molecule has 0 saturated heterocycles. The lowest BCUT2D eigenvalue weighted by molar-refractivity contribution is 0.159. The van der Waals surface area contributed by atoms with Gasteiger partial charge in [-0.1, -0.05) is 23.4 Å². The van der Waals surface area contributed by atoms with E-state index in [1.807, 2.05) is 18.2 Å². The number of carbonyl (C=O) groups excluding carboxylic acids is 1. The lowest BCUT2D eigenvalue weighted by Gasteiger charge is -2.14. The molecule has 0 aliphatic heterocycles. The molecule has 0 aliphatic rings. The van der Waals surface area contributed by atoms with Crippen molar-refractivity contribution in [1.29, 1.82) is 0 Å². The van der Waals surface area contributed by atoms with Gasteiger partial charge in [0.05, 0.1) is 6.54 Å². The fraction of sp³-hybridized carbons (Fsp3) is 0.231. The molecule has 0 atom stereocenters. The van der Waals surface area contributed by atoms with Gasteiger partial charge in [-0.3, -0.25) is 0 Å². The number of hydrogen-bond acceptors (Lipinski definition) is 4. The highest BCUT2D eigenvalue weighted by Crippen LogP contribution is 2.11. The minimum atomic E-state index is -0.429. The summed E-state index contributed by atoms with van der Waals surface area (Å²) in [5, 5.41) is 3.82. The number of ether oxygens (including phenoxy) is 1. The van der Waals surface area contributed by atoms with E-state index in [1.54, 1.807) is 32.2 Å². The molecule has 0 fully saturated rings. The molecular weight excluding hydrogens is 232 g/mol. The summed E-state index contributed by atoms with van der Waals surface area (Å²) in [4.78, 5) is 13.2. The monoisotopic (exact) mass is 246 g/mol. The van der Waals surface area contributed by atoms with Gasteiger partial charge in [-0.25, -0.2) is 4.79 Å². The van der Waals surface area contributed by atoms with Gasteiger partial charge in [0, 0.05) is 13.1 Å². The van der Waals surface area contributed by atoms with E-state index in [0.29, 0.717) is 18.0 Å². The number of nitrogens with zero attached hydrogens (tertiary/aromatic N) is 2. The highest BCUT2D eigenvalue weighted by atomic mass is 16.6. The molecular formula is C13H14N2O3. The molecule has 1 heterocycles. The van der Waals surface area contributed by atoms with Crippen molar-refractivity contribution >= 4 is 6.09 Å². The van der Waals surface area contributed by atoms with Gasteiger partial charge in [0.15, 0.2) is 0 Å². The average molecular weight is 246 g/mol. The van der Waals surface area contributed by atoms with E-state index in [1.165, 1.54) is 4.90 Å². The largest absolute Gasteiger partial charge is 0.415 e. The quantitative estimate of drug-likeness (QED) is 0.835. The van der Waals surface area contributed by atoms with Gasteiger partial charge in [0.2, 0.25) is 0 Å². The van der Waals surface area contributed by atoms with Crippen LogP contribution in [0.3, 0.4) is 0 Å². The second-order valence-electron chi connectivity index (χ2n) is 3.97. The Balaban J connectivity index is 1.93. The SMILES string of the molecule is Cc1cc(CN(C)C(=O)Oc2ccccc2)no1. The topological polar surface area (TPSA) is 55.6 Å². The van der Waals surface area contributed by atoms with Crippen LogP contribution in [0, 0.1) is 6.92 Å². The number of hydrogen-bond donors (Lipinski definition) is 0. The third-order valence-electron chi connectivity index (χ3n) is 2.34. The molecule has 0 unspecified atom stereocenters. The summed E-state index contributed by atoms with van der Waals surface area (Å²) in [7, 11) is 1.65. The van der Waals surface area contributed by atoms with Gasteiger partial charge in [0.25, 0.3) is 0 Å². The van der Waals surface area contributed by atoms with Crippen LogP contribution in [0.4, 0.5) is 4.79 Å². The van der Waals surface area contributed by atoms with E-state index in [0.717, 1.165) is 5.76 Å². The second-order valence-corrected chi connectivity index (χ2v) is 3.97. The van der Waals surface area contributed by atoms with E-state index < -0.39 is 6.09 Å². The van der Waals surface area contributed by atoms with Crippen molar-refractivity contribution in [3.05, 3.63) is 47.9 Å². The predicted octanol–water partition coefficient (Wildman–Crippen LogP) is 2.61. The van der Waals surface area contributed by atoms with E-state index in [4.69, 9.17) is 9.26 Å². The van der Waals surface area contributed by atoms with Crippen molar-refractivity contribution in [1.82, 2.24) is 10.1 Å². The van der Waals surface area contributed by atoms with Gasteiger partial charge in [-0.15, -0.1) is 0 Å². The van der Waals surface area contributed by atoms with E-state index in [-0.39, 0.29) is 0 Å². The molecule has 1 amide bonds. The van der Waals surface area contributed by atoms with Gasteiger partial charge in [0.1, 0.15) is 17.2 Å². The van der Waals surface area contributed by atoms with Crippen LogP contribution >= 0.6 is 0 Å². The van der Waals surface area contributed by atoms with Gasteiger partial charge in [-0.05, 0) is 19.1 Å². The Labute approximate surface area is 105 Å². The number of rotatable bonds is 3. The lowest BCUT2D eigenvalue weighted by Crippen LogP contribution is -2.29. The Kier molecular flexibility index (Phi) is 3.62. The molecule has 0 N–H and O–H groups in total. The molecule has 5 heteroatoms.